The summed E-state index contributed by atoms with van der Waals surface area (Å²) in [4.78, 5) is 0. The standard InChI is InChI=1S/C22H52N12O12S4.4Na/c1-13-12-16(28-22-33-19(25-5-9-49(37,38)39)30-20(34-22)26-6-10-50(40,41)42)14(2)11-15(13)27-21-31-17(23-3-7-47-45-43-35)29-18(32-21)24-4-8-48-46-44-36;;;;/h13-36H,3-12H2,1-2H3,(H,37,38,39)(H,40,41,42);;;;/q;4*+1/p-4. The van der Waals surface area contributed by atoms with Crippen LogP contribution < -0.4 is 193 Å². The van der Waals surface area contributed by atoms with E-state index < -0.39 is 50.6 Å². The summed E-state index contributed by atoms with van der Waals surface area (Å²) < 4.78 is 75.1. The molecule has 12 N–H and O–H groups in total. The van der Waals surface area contributed by atoms with Crippen LogP contribution in [0.4, 0.5) is 0 Å². The third kappa shape index (κ3) is 26.3. The van der Waals surface area contributed by atoms with Crippen molar-refractivity contribution in [2.75, 3.05) is 49.2 Å². The SMILES string of the molecule is CC1CC(NC2NC(NCCS(=O)(=O)[O-])NC(NCCS(=O)(=O)[O-])N2)C(C)CC1NC1NC(NCCSOO[O-])NC(NCCSOO[O-])N1.[Na+].[Na+].[Na+].[Na+]. The van der Waals surface area contributed by atoms with Crippen LogP contribution in [-0.2, 0) is 39.0 Å². The van der Waals surface area contributed by atoms with Gasteiger partial charge in [-0.1, -0.05) is 13.8 Å². The molecule has 32 heteroatoms. The first-order valence-corrected chi connectivity index (χ1v) is 20.8. The van der Waals surface area contributed by atoms with E-state index >= 15 is 0 Å². The maximum atomic E-state index is 11.1. The van der Waals surface area contributed by atoms with Gasteiger partial charge in [-0.15, -0.1) is 0 Å². The second kappa shape index (κ2) is 32.5. The minimum Gasteiger partial charge on any atom is -0.748 e. The van der Waals surface area contributed by atoms with Crippen LogP contribution >= 0.6 is 24.1 Å². The van der Waals surface area contributed by atoms with Gasteiger partial charge in [-0.05, 0) is 24.7 Å². The summed E-state index contributed by atoms with van der Waals surface area (Å²) in [5.74, 6) is 0.0283. The molecule has 0 aromatic carbocycles. The third-order valence-corrected chi connectivity index (χ3v) is 10.5. The quantitative estimate of drug-likeness (QED) is 0.0107. The van der Waals surface area contributed by atoms with Crippen LogP contribution in [0.5, 0.6) is 0 Å². The Kier molecular flexibility index (Phi) is 36.0. The van der Waals surface area contributed by atoms with Gasteiger partial charge in [0.15, 0.2) is 0 Å². The van der Waals surface area contributed by atoms with E-state index in [0.29, 0.717) is 24.6 Å². The van der Waals surface area contributed by atoms with Gasteiger partial charge >= 0.3 is 118 Å². The van der Waals surface area contributed by atoms with Crippen LogP contribution in [0, 0.1) is 11.8 Å². The molecule has 0 bridgehead atoms. The molecular formula is C22H48N12Na4O12S4. The molecule has 1 saturated carbocycles. The van der Waals surface area contributed by atoms with E-state index in [1.165, 1.54) is 0 Å². The predicted molar refractivity (Wildman–Crippen MR) is 173 cm³/mol. The van der Waals surface area contributed by atoms with Gasteiger partial charge in [-0.25, -0.2) is 16.8 Å². The van der Waals surface area contributed by atoms with Crippen molar-refractivity contribution in [3.63, 3.8) is 0 Å². The number of hydrogen-bond donors (Lipinski definition) is 12. The first-order valence-electron chi connectivity index (χ1n) is 15.8. The molecular weight excluding hydrogens is 845 g/mol. The molecule has 54 heavy (non-hydrogen) atoms. The molecule has 2 heterocycles. The molecule has 1 aliphatic carbocycles. The van der Waals surface area contributed by atoms with E-state index in [0.717, 1.165) is 36.9 Å². The fraction of sp³-hybridized carbons (Fsp3) is 1.00. The molecule has 0 aromatic heterocycles. The minimum absolute atomic E-state index is 0. The molecule has 0 spiro atoms. The number of nitrogens with one attached hydrogen (secondary N) is 12. The van der Waals surface area contributed by atoms with Crippen molar-refractivity contribution in [3.8, 4) is 0 Å². The average Bonchev–Trinajstić information content (AvgIpc) is 3.02. The zero-order valence-corrected chi connectivity index (χ0v) is 42.6. The van der Waals surface area contributed by atoms with Gasteiger partial charge in [0, 0.05) is 73.9 Å². The van der Waals surface area contributed by atoms with Crippen LogP contribution in [0.1, 0.15) is 26.7 Å². The maximum absolute atomic E-state index is 11.1. The van der Waals surface area contributed by atoms with E-state index in [1.807, 2.05) is 0 Å². The molecule has 0 amide bonds. The Bertz CT molecular complexity index is 1130. The molecule has 0 radical (unpaired) electrons. The van der Waals surface area contributed by atoms with Crippen molar-refractivity contribution in [2.24, 2.45) is 11.8 Å². The van der Waals surface area contributed by atoms with Crippen molar-refractivity contribution in [2.45, 2.75) is 76.5 Å². The summed E-state index contributed by atoms with van der Waals surface area (Å²) in [6.07, 6.45) is -1.31. The Labute approximate surface area is 413 Å². The van der Waals surface area contributed by atoms with E-state index in [9.17, 15) is 36.5 Å². The van der Waals surface area contributed by atoms with E-state index in [4.69, 9.17) is 0 Å². The van der Waals surface area contributed by atoms with Crippen molar-refractivity contribution in [1.82, 2.24) is 63.8 Å². The van der Waals surface area contributed by atoms with E-state index in [2.05, 4.69) is 96.4 Å². The number of hydrogen-bond acceptors (Lipinski definition) is 26. The van der Waals surface area contributed by atoms with Gasteiger partial charge < -0.3 is 19.6 Å². The molecule has 3 aliphatic rings. The zero-order valence-electron chi connectivity index (χ0n) is 31.4. The van der Waals surface area contributed by atoms with Crippen LogP contribution in [0.3, 0.4) is 0 Å². The first-order chi connectivity index (χ1) is 23.7. The molecule has 0 aromatic rings. The molecule has 8 unspecified atom stereocenters. The maximum Gasteiger partial charge on any atom is 1.00 e. The van der Waals surface area contributed by atoms with Gasteiger partial charge in [0.25, 0.3) is 0 Å². The summed E-state index contributed by atoms with van der Waals surface area (Å²) in [7, 11) is -8.87. The largest absolute Gasteiger partial charge is 1.00 e. The Hall–Kier alpha value is 3.80. The predicted octanol–water partition coefficient (Wildman–Crippen LogP) is -19.6. The summed E-state index contributed by atoms with van der Waals surface area (Å²) in [6, 6.07) is 0.134. The van der Waals surface area contributed by atoms with Gasteiger partial charge in [-0.3, -0.25) is 73.9 Å². The summed E-state index contributed by atoms with van der Waals surface area (Å²) in [6.45, 7) is 4.96. The normalized spacial score (nSPS) is 30.3. The molecule has 3 rings (SSSR count). The smallest absolute Gasteiger partial charge is 0.748 e. The van der Waals surface area contributed by atoms with Crippen molar-refractivity contribution in [3.05, 3.63) is 0 Å². The second-order valence-corrected chi connectivity index (χ2v) is 16.4. The average molecular weight is 893 g/mol. The zero-order chi connectivity index (χ0) is 36.6. The van der Waals surface area contributed by atoms with Crippen molar-refractivity contribution in [1.29, 1.82) is 0 Å². The van der Waals surface area contributed by atoms with Gasteiger partial charge in [0.05, 0.1) is 31.7 Å². The Morgan fingerprint density at radius 2 is 0.852 bits per heavy atom. The fourth-order valence-corrected chi connectivity index (χ4v) is 7.05. The van der Waals surface area contributed by atoms with Crippen LogP contribution in [0.15, 0.2) is 0 Å². The summed E-state index contributed by atoms with van der Waals surface area (Å²) in [5, 5.41) is 66.1. The van der Waals surface area contributed by atoms with Gasteiger partial charge in [-0.2, -0.15) is 8.67 Å². The topological polar surface area (TPSA) is 342 Å². The number of rotatable bonds is 24. The van der Waals surface area contributed by atoms with Gasteiger partial charge in [0.1, 0.15) is 37.7 Å². The molecule has 2 aliphatic heterocycles. The van der Waals surface area contributed by atoms with Crippen LogP contribution in [0.2, 0.25) is 0 Å². The second-order valence-electron chi connectivity index (χ2n) is 11.8. The fourth-order valence-electron chi connectivity index (χ4n) is 5.69. The Morgan fingerprint density at radius 1 is 0.556 bits per heavy atom. The van der Waals surface area contributed by atoms with Crippen LogP contribution in [-0.4, -0.2) is 125 Å². The molecule has 8 atom stereocenters. The van der Waals surface area contributed by atoms with Crippen molar-refractivity contribution < 1.29 is 173 Å². The molecule has 2 saturated heterocycles. The first kappa shape index (κ1) is 59.9. The Balaban J connectivity index is 0. The molecule has 296 valence electrons. The summed E-state index contributed by atoms with van der Waals surface area (Å²) in [5.41, 5.74) is 0. The Morgan fingerprint density at radius 3 is 1.15 bits per heavy atom. The third-order valence-electron chi connectivity index (χ3n) is 8.01. The van der Waals surface area contributed by atoms with Crippen molar-refractivity contribution >= 4 is 44.3 Å². The molecule has 3 fully saturated rings. The monoisotopic (exact) mass is 892 g/mol. The van der Waals surface area contributed by atoms with Crippen LogP contribution in [0.25, 0.3) is 0 Å². The minimum atomic E-state index is -4.44. The van der Waals surface area contributed by atoms with E-state index in [-0.39, 0.29) is 174 Å². The van der Waals surface area contributed by atoms with E-state index in [1.54, 1.807) is 0 Å². The van der Waals surface area contributed by atoms with Gasteiger partial charge in [0.2, 0.25) is 0 Å². The summed E-state index contributed by atoms with van der Waals surface area (Å²) >= 11 is 1.74. The molecule has 24 nitrogen and oxygen atoms in total.